The topological polar surface area (TPSA) is 66.5 Å². The fourth-order valence-electron chi connectivity index (χ4n) is 3.72. The van der Waals surface area contributed by atoms with E-state index in [1.165, 1.54) is 10.5 Å². The molecule has 28 heavy (non-hydrogen) atoms. The number of hydrogen-bond donors (Lipinski definition) is 1. The Labute approximate surface area is 165 Å². The number of benzene rings is 2. The van der Waals surface area contributed by atoms with E-state index in [0.717, 1.165) is 17.5 Å². The number of imide groups is 1. The molecular formula is C23H26N2O3. The molecule has 1 aliphatic rings. The van der Waals surface area contributed by atoms with Crippen LogP contribution in [0, 0.1) is 13.8 Å². The zero-order valence-corrected chi connectivity index (χ0v) is 16.6. The zero-order valence-electron chi connectivity index (χ0n) is 16.6. The molecule has 0 aliphatic carbocycles. The van der Waals surface area contributed by atoms with Crippen molar-refractivity contribution in [2.24, 2.45) is 0 Å². The van der Waals surface area contributed by atoms with Crippen molar-refractivity contribution in [1.82, 2.24) is 10.2 Å². The number of nitrogens with one attached hydrogen (secondary N) is 1. The van der Waals surface area contributed by atoms with Gasteiger partial charge in [-0.2, -0.15) is 0 Å². The average Bonchev–Trinajstić information content (AvgIpc) is 2.92. The molecule has 0 spiro atoms. The molecule has 1 atom stereocenters. The number of fused-ring (bicyclic) bond motifs is 1. The minimum atomic E-state index is -0.275. The number of rotatable bonds is 7. The molecule has 0 saturated carbocycles. The summed E-state index contributed by atoms with van der Waals surface area (Å²) < 4.78 is 0. The van der Waals surface area contributed by atoms with E-state index in [4.69, 9.17) is 0 Å². The summed E-state index contributed by atoms with van der Waals surface area (Å²) in [5.41, 5.74) is 4.37. The van der Waals surface area contributed by atoms with Crippen LogP contribution in [0.25, 0.3) is 0 Å². The van der Waals surface area contributed by atoms with Gasteiger partial charge in [0, 0.05) is 13.0 Å². The van der Waals surface area contributed by atoms with Crippen molar-refractivity contribution in [2.45, 2.75) is 46.1 Å². The van der Waals surface area contributed by atoms with Gasteiger partial charge in [-0.05, 0) is 49.9 Å². The van der Waals surface area contributed by atoms with E-state index >= 15 is 0 Å². The maximum absolute atomic E-state index is 12.4. The smallest absolute Gasteiger partial charge is 0.261 e. The van der Waals surface area contributed by atoms with E-state index in [0.29, 0.717) is 17.5 Å². The third-order valence-electron chi connectivity index (χ3n) is 5.21. The molecular weight excluding hydrogens is 352 g/mol. The van der Waals surface area contributed by atoms with Gasteiger partial charge in [-0.3, -0.25) is 19.3 Å². The molecule has 0 aromatic heterocycles. The Morgan fingerprint density at radius 3 is 2.25 bits per heavy atom. The Bertz CT molecular complexity index is 885. The largest absolute Gasteiger partial charge is 0.349 e. The first-order valence-corrected chi connectivity index (χ1v) is 9.74. The lowest BCUT2D eigenvalue weighted by atomic mass is 9.97. The standard InChI is InChI=1S/C23H26N2O3/c1-4-20(17-12-11-15(2)14-16(17)3)24-21(26)10-7-13-25-22(27)18-8-5-6-9-19(18)23(25)28/h5-6,8-9,11-12,14,20H,4,7,10,13H2,1-3H3,(H,24,26)/t20-/m1/s1. The molecule has 2 aromatic rings. The molecule has 5 heteroatoms. The van der Waals surface area contributed by atoms with Crippen LogP contribution < -0.4 is 5.32 Å². The van der Waals surface area contributed by atoms with Crippen LogP contribution >= 0.6 is 0 Å². The van der Waals surface area contributed by atoms with Crippen molar-refractivity contribution in [1.29, 1.82) is 0 Å². The summed E-state index contributed by atoms with van der Waals surface area (Å²) >= 11 is 0. The lowest BCUT2D eigenvalue weighted by Crippen LogP contribution is -2.33. The highest BCUT2D eigenvalue weighted by Crippen LogP contribution is 2.24. The van der Waals surface area contributed by atoms with Gasteiger partial charge in [-0.1, -0.05) is 42.8 Å². The molecule has 1 heterocycles. The van der Waals surface area contributed by atoms with Gasteiger partial charge < -0.3 is 5.32 Å². The van der Waals surface area contributed by atoms with Gasteiger partial charge in [-0.15, -0.1) is 0 Å². The second-order valence-electron chi connectivity index (χ2n) is 7.30. The molecule has 3 amide bonds. The minimum absolute atomic E-state index is 0.0348. The normalized spacial score (nSPS) is 14.2. The van der Waals surface area contributed by atoms with Gasteiger partial charge in [0.15, 0.2) is 0 Å². The molecule has 2 aromatic carbocycles. The first-order valence-electron chi connectivity index (χ1n) is 9.74. The third kappa shape index (κ3) is 3.98. The molecule has 0 fully saturated rings. The van der Waals surface area contributed by atoms with Crippen molar-refractivity contribution in [2.75, 3.05) is 6.54 Å². The van der Waals surface area contributed by atoms with Crippen molar-refractivity contribution >= 4 is 17.7 Å². The first kappa shape index (κ1) is 19.8. The molecule has 0 radical (unpaired) electrons. The second-order valence-corrected chi connectivity index (χ2v) is 7.30. The number of carbonyl (C=O) groups is 3. The van der Waals surface area contributed by atoms with Gasteiger partial charge in [0.1, 0.15) is 0 Å². The molecule has 1 aliphatic heterocycles. The molecule has 0 unspecified atom stereocenters. The van der Waals surface area contributed by atoms with Crippen LogP contribution in [-0.4, -0.2) is 29.2 Å². The Kier molecular flexibility index (Phi) is 5.93. The van der Waals surface area contributed by atoms with Crippen molar-refractivity contribution < 1.29 is 14.4 Å². The summed E-state index contributed by atoms with van der Waals surface area (Å²) in [4.78, 5) is 38.4. The monoisotopic (exact) mass is 378 g/mol. The van der Waals surface area contributed by atoms with E-state index in [-0.39, 0.29) is 36.7 Å². The summed E-state index contributed by atoms with van der Waals surface area (Å²) in [5.74, 6) is -0.617. The number of nitrogens with zero attached hydrogens (tertiary/aromatic N) is 1. The lowest BCUT2D eigenvalue weighted by Gasteiger charge is -2.20. The van der Waals surface area contributed by atoms with E-state index < -0.39 is 0 Å². The summed E-state index contributed by atoms with van der Waals surface area (Å²) in [6.45, 7) is 6.40. The molecule has 146 valence electrons. The van der Waals surface area contributed by atoms with E-state index in [1.54, 1.807) is 24.3 Å². The Morgan fingerprint density at radius 2 is 1.68 bits per heavy atom. The van der Waals surface area contributed by atoms with Gasteiger partial charge in [0.2, 0.25) is 5.91 Å². The van der Waals surface area contributed by atoms with Crippen LogP contribution in [0.15, 0.2) is 42.5 Å². The minimum Gasteiger partial charge on any atom is -0.349 e. The molecule has 3 rings (SSSR count). The van der Waals surface area contributed by atoms with Gasteiger partial charge in [0.25, 0.3) is 11.8 Å². The number of carbonyl (C=O) groups excluding carboxylic acids is 3. The summed E-state index contributed by atoms with van der Waals surface area (Å²) in [6.07, 6.45) is 1.52. The highest BCUT2D eigenvalue weighted by atomic mass is 16.2. The van der Waals surface area contributed by atoms with Crippen molar-refractivity contribution in [3.05, 3.63) is 70.3 Å². The van der Waals surface area contributed by atoms with Crippen LogP contribution in [0.1, 0.15) is 69.6 Å². The van der Waals surface area contributed by atoms with Crippen molar-refractivity contribution in [3.8, 4) is 0 Å². The van der Waals surface area contributed by atoms with E-state index in [2.05, 4.69) is 37.4 Å². The molecule has 1 N–H and O–H groups in total. The summed E-state index contributed by atoms with van der Waals surface area (Å²) in [5, 5.41) is 3.08. The van der Waals surface area contributed by atoms with Crippen LogP contribution in [0.3, 0.4) is 0 Å². The molecule has 0 bridgehead atoms. The summed E-state index contributed by atoms with van der Waals surface area (Å²) in [6, 6.07) is 13.0. The maximum atomic E-state index is 12.4. The van der Waals surface area contributed by atoms with E-state index in [1.807, 2.05) is 6.92 Å². The Balaban J connectivity index is 1.55. The number of amides is 3. The molecule has 5 nitrogen and oxygen atoms in total. The van der Waals surface area contributed by atoms with Crippen LogP contribution in [0.5, 0.6) is 0 Å². The van der Waals surface area contributed by atoms with Gasteiger partial charge in [0.05, 0.1) is 17.2 Å². The second kappa shape index (κ2) is 8.38. The third-order valence-corrected chi connectivity index (χ3v) is 5.21. The number of aryl methyl sites for hydroxylation is 2. The Hall–Kier alpha value is -2.95. The first-order chi connectivity index (χ1) is 13.4. The van der Waals surface area contributed by atoms with Crippen LogP contribution in [-0.2, 0) is 4.79 Å². The predicted octanol–water partition coefficient (Wildman–Crippen LogP) is 3.95. The quantitative estimate of drug-likeness (QED) is 0.742. The van der Waals surface area contributed by atoms with E-state index in [9.17, 15) is 14.4 Å². The van der Waals surface area contributed by atoms with Gasteiger partial charge in [-0.25, -0.2) is 0 Å². The average molecular weight is 378 g/mol. The highest BCUT2D eigenvalue weighted by molar-refractivity contribution is 6.21. The highest BCUT2D eigenvalue weighted by Gasteiger charge is 2.34. The SMILES string of the molecule is CC[C@@H](NC(=O)CCCN1C(=O)c2ccccc2C1=O)c1ccc(C)cc1C. The van der Waals surface area contributed by atoms with Gasteiger partial charge >= 0.3 is 0 Å². The lowest BCUT2D eigenvalue weighted by molar-refractivity contribution is -0.122. The van der Waals surface area contributed by atoms with Crippen LogP contribution in [0.2, 0.25) is 0 Å². The molecule has 0 saturated heterocycles. The fourth-order valence-corrected chi connectivity index (χ4v) is 3.72. The maximum Gasteiger partial charge on any atom is 0.261 e. The predicted molar refractivity (Wildman–Crippen MR) is 108 cm³/mol. The Morgan fingerprint density at radius 1 is 1.04 bits per heavy atom. The summed E-state index contributed by atoms with van der Waals surface area (Å²) in [7, 11) is 0. The fraction of sp³-hybridized carbons (Fsp3) is 0.348. The van der Waals surface area contributed by atoms with Crippen LogP contribution in [0.4, 0.5) is 0 Å². The number of hydrogen-bond acceptors (Lipinski definition) is 3. The zero-order chi connectivity index (χ0) is 20.3. The van der Waals surface area contributed by atoms with Crippen molar-refractivity contribution in [3.63, 3.8) is 0 Å².